The lowest BCUT2D eigenvalue weighted by atomic mass is 10.1. The summed E-state index contributed by atoms with van der Waals surface area (Å²) in [6.07, 6.45) is 2.23. The predicted molar refractivity (Wildman–Crippen MR) is 79.5 cm³/mol. The van der Waals surface area contributed by atoms with Crippen LogP contribution in [0.5, 0.6) is 5.75 Å². The molecule has 0 spiro atoms. The minimum absolute atomic E-state index is 0.0812. The number of rotatable bonds is 3. The van der Waals surface area contributed by atoms with Crippen molar-refractivity contribution in [3.8, 4) is 11.8 Å². The van der Waals surface area contributed by atoms with Crippen LogP contribution in [0, 0.1) is 11.3 Å². The molecule has 1 aromatic carbocycles. The Morgan fingerprint density at radius 3 is 3.14 bits per heavy atom. The van der Waals surface area contributed by atoms with Crippen molar-refractivity contribution in [1.82, 2.24) is 15.1 Å². The molecule has 1 atom stereocenters. The third-order valence-corrected chi connectivity index (χ3v) is 3.39. The number of fused-ring (bicyclic) bond motifs is 1. The molecule has 112 valence electrons. The average Bonchev–Trinajstić information content (AvgIpc) is 3.07. The standard InChI is InChI=1S/C15H15N5O2/c1-20-9-11(7-16)14(19-20)18-15(21)17-8-12-6-10-4-2-3-5-13(10)22-12/h2-5,9,12H,6,8H2,1H3,(H2,17,18,19,21)/t12-/m1/s1. The molecule has 2 heterocycles. The first-order valence-electron chi connectivity index (χ1n) is 6.89. The molecule has 7 nitrogen and oxygen atoms in total. The van der Waals surface area contributed by atoms with E-state index in [4.69, 9.17) is 10.00 Å². The average molecular weight is 297 g/mol. The zero-order valence-corrected chi connectivity index (χ0v) is 12.0. The maximum Gasteiger partial charge on any atom is 0.320 e. The molecule has 2 N–H and O–H groups in total. The van der Waals surface area contributed by atoms with E-state index in [-0.39, 0.29) is 11.9 Å². The number of benzene rings is 1. The van der Waals surface area contributed by atoms with E-state index in [9.17, 15) is 4.79 Å². The van der Waals surface area contributed by atoms with Crippen molar-refractivity contribution < 1.29 is 9.53 Å². The Bertz CT molecular complexity index is 722. The number of urea groups is 1. The van der Waals surface area contributed by atoms with Gasteiger partial charge in [-0.2, -0.15) is 10.4 Å². The summed E-state index contributed by atoms with van der Waals surface area (Å²) in [4.78, 5) is 11.9. The molecule has 2 aromatic rings. The molecule has 0 saturated carbocycles. The summed E-state index contributed by atoms with van der Waals surface area (Å²) in [5.74, 6) is 1.12. The summed E-state index contributed by atoms with van der Waals surface area (Å²) >= 11 is 0. The summed E-state index contributed by atoms with van der Waals surface area (Å²) in [7, 11) is 1.69. The van der Waals surface area contributed by atoms with Gasteiger partial charge in [0.25, 0.3) is 0 Å². The highest BCUT2D eigenvalue weighted by molar-refractivity contribution is 5.89. The van der Waals surface area contributed by atoms with E-state index in [0.717, 1.165) is 17.7 Å². The Balaban J connectivity index is 1.53. The molecule has 1 aliphatic rings. The molecule has 22 heavy (non-hydrogen) atoms. The Labute approximate surface area is 127 Å². The Hall–Kier alpha value is -3.01. The van der Waals surface area contributed by atoms with Crippen LogP contribution in [0.4, 0.5) is 10.6 Å². The summed E-state index contributed by atoms with van der Waals surface area (Å²) in [5.41, 5.74) is 1.47. The third kappa shape index (κ3) is 2.86. The number of hydrogen-bond donors (Lipinski definition) is 2. The Morgan fingerprint density at radius 1 is 1.55 bits per heavy atom. The van der Waals surface area contributed by atoms with E-state index in [1.54, 1.807) is 13.2 Å². The number of aromatic nitrogens is 2. The summed E-state index contributed by atoms with van der Waals surface area (Å²) < 4.78 is 7.22. The largest absolute Gasteiger partial charge is 0.488 e. The van der Waals surface area contributed by atoms with Crippen LogP contribution in [0.25, 0.3) is 0 Å². The Kier molecular flexibility index (Phi) is 3.66. The molecular weight excluding hydrogens is 282 g/mol. The molecule has 0 saturated heterocycles. The quantitative estimate of drug-likeness (QED) is 0.896. The smallest absolute Gasteiger partial charge is 0.320 e. The van der Waals surface area contributed by atoms with Gasteiger partial charge in [0.1, 0.15) is 23.5 Å². The van der Waals surface area contributed by atoms with Crippen molar-refractivity contribution in [1.29, 1.82) is 5.26 Å². The first kappa shape index (κ1) is 13.9. The maximum atomic E-state index is 11.9. The van der Waals surface area contributed by atoms with E-state index >= 15 is 0 Å². The molecule has 7 heteroatoms. The van der Waals surface area contributed by atoms with E-state index < -0.39 is 6.03 Å². The zero-order chi connectivity index (χ0) is 15.5. The van der Waals surface area contributed by atoms with Gasteiger partial charge in [-0.25, -0.2) is 4.79 Å². The molecule has 0 radical (unpaired) electrons. The zero-order valence-electron chi connectivity index (χ0n) is 12.0. The molecular formula is C15H15N5O2. The van der Waals surface area contributed by atoms with Crippen molar-refractivity contribution in [2.75, 3.05) is 11.9 Å². The molecule has 0 fully saturated rings. The third-order valence-electron chi connectivity index (χ3n) is 3.39. The van der Waals surface area contributed by atoms with Crippen LogP contribution in [0.2, 0.25) is 0 Å². The van der Waals surface area contributed by atoms with Gasteiger partial charge in [0, 0.05) is 19.7 Å². The van der Waals surface area contributed by atoms with Gasteiger partial charge in [0.2, 0.25) is 0 Å². The van der Waals surface area contributed by atoms with Crippen LogP contribution in [-0.4, -0.2) is 28.5 Å². The number of carbonyl (C=O) groups excluding carboxylic acids is 1. The normalized spacial score (nSPS) is 15.5. The second kappa shape index (κ2) is 5.77. The Morgan fingerprint density at radius 2 is 2.36 bits per heavy atom. The van der Waals surface area contributed by atoms with E-state index in [1.807, 2.05) is 30.3 Å². The van der Waals surface area contributed by atoms with Crippen molar-refractivity contribution in [2.24, 2.45) is 7.05 Å². The van der Waals surface area contributed by atoms with Gasteiger partial charge in [-0.3, -0.25) is 10.00 Å². The van der Waals surface area contributed by atoms with Crippen molar-refractivity contribution >= 4 is 11.8 Å². The van der Waals surface area contributed by atoms with Crippen LogP contribution >= 0.6 is 0 Å². The van der Waals surface area contributed by atoms with Gasteiger partial charge < -0.3 is 10.1 Å². The van der Waals surface area contributed by atoms with Gasteiger partial charge in [0.15, 0.2) is 5.82 Å². The van der Waals surface area contributed by atoms with E-state index in [2.05, 4.69) is 15.7 Å². The fraction of sp³-hybridized carbons (Fsp3) is 0.267. The predicted octanol–water partition coefficient (Wildman–Crippen LogP) is 1.42. The lowest BCUT2D eigenvalue weighted by Crippen LogP contribution is -2.37. The number of nitrogens with zero attached hydrogens (tertiary/aromatic N) is 3. The fourth-order valence-electron chi connectivity index (χ4n) is 2.39. The second-order valence-corrected chi connectivity index (χ2v) is 5.06. The number of carbonyl (C=O) groups is 1. The molecule has 0 bridgehead atoms. The first-order valence-corrected chi connectivity index (χ1v) is 6.89. The van der Waals surface area contributed by atoms with Crippen LogP contribution in [0.3, 0.4) is 0 Å². The van der Waals surface area contributed by atoms with Crippen molar-refractivity contribution in [2.45, 2.75) is 12.5 Å². The van der Waals surface area contributed by atoms with Crippen LogP contribution in [0.1, 0.15) is 11.1 Å². The van der Waals surface area contributed by atoms with Crippen molar-refractivity contribution in [3.63, 3.8) is 0 Å². The lowest BCUT2D eigenvalue weighted by Gasteiger charge is -2.12. The number of amides is 2. The van der Waals surface area contributed by atoms with Crippen LogP contribution in [0.15, 0.2) is 30.5 Å². The summed E-state index contributed by atoms with van der Waals surface area (Å²) in [5, 5.41) is 18.3. The highest BCUT2D eigenvalue weighted by Crippen LogP contribution is 2.27. The highest BCUT2D eigenvalue weighted by atomic mass is 16.5. The second-order valence-electron chi connectivity index (χ2n) is 5.06. The lowest BCUT2D eigenvalue weighted by molar-refractivity contribution is 0.219. The van der Waals surface area contributed by atoms with Crippen LogP contribution in [-0.2, 0) is 13.5 Å². The highest BCUT2D eigenvalue weighted by Gasteiger charge is 2.22. The first-order chi connectivity index (χ1) is 10.7. The number of nitrogens with one attached hydrogen (secondary N) is 2. The molecule has 3 rings (SSSR count). The molecule has 1 aromatic heterocycles. The molecule has 2 amide bonds. The number of anilines is 1. The van der Waals surface area contributed by atoms with Crippen molar-refractivity contribution in [3.05, 3.63) is 41.6 Å². The van der Waals surface area contributed by atoms with E-state index in [0.29, 0.717) is 12.1 Å². The minimum Gasteiger partial charge on any atom is -0.488 e. The van der Waals surface area contributed by atoms with Gasteiger partial charge in [0.05, 0.1) is 6.54 Å². The number of para-hydroxylation sites is 1. The summed E-state index contributed by atoms with van der Waals surface area (Å²) in [6, 6.07) is 9.40. The monoisotopic (exact) mass is 297 g/mol. The SMILES string of the molecule is Cn1cc(C#N)c(NC(=O)NC[C@H]2Cc3ccccc3O2)n1. The molecule has 0 aliphatic carbocycles. The topological polar surface area (TPSA) is 92.0 Å². The van der Waals surface area contributed by atoms with Gasteiger partial charge >= 0.3 is 6.03 Å². The minimum atomic E-state index is -0.408. The van der Waals surface area contributed by atoms with E-state index in [1.165, 1.54) is 4.68 Å². The number of hydrogen-bond acceptors (Lipinski definition) is 4. The fourth-order valence-corrected chi connectivity index (χ4v) is 2.39. The maximum absolute atomic E-state index is 11.9. The molecule has 1 aliphatic heterocycles. The number of aryl methyl sites for hydroxylation is 1. The van der Waals surface area contributed by atoms with Crippen LogP contribution < -0.4 is 15.4 Å². The number of nitriles is 1. The van der Waals surface area contributed by atoms with Gasteiger partial charge in [-0.05, 0) is 11.6 Å². The van der Waals surface area contributed by atoms with Gasteiger partial charge in [-0.1, -0.05) is 18.2 Å². The number of ether oxygens (including phenoxy) is 1. The van der Waals surface area contributed by atoms with Gasteiger partial charge in [-0.15, -0.1) is 0 Å². The molecule has 0 unspecified atom stereocenters. The summed E-state index contributed by atoms with van der Waals surface area (Å²) in [6.45, 7) is 0.384.